The highest BCUT2D eigenvalue weighted by Gasteiger charge is 2.38. The first-order valence-corrected chi connectivity index (χ1v) is 7.21. The molecule has 2 aliphatic heterocycles. The first kappa shape index (κ1) is 12.2. The van der Waals surface area contributed by atoms with Crippen molar-refractivity contribution < 1.29 is 0 Å². The Bertz CT molecular complexity index is 398. The molecule has 0 radical (unpaired) electrons. The lowest BCUT2D eigenvalue weighted by Crippen LogP contribution is -2.32. The van der Waals surface area contributed by atoms with Crippen LogP contribution < -0.4 is 5.32 Å². The first-order valence-electron chi connectivity index (χ1n) is 7.21. The predicted octanol–water partition coefficient (Wildman–Crippen LogP) is 2.57. The van der Waals surface area contributed by atoms with Crippen LogP contribution in [0, 0.1) is 12.8 Å². The normalized spacial score (nSPS) is 30.3. The number of hydrogen-bond donors (Lipinski definition) is 1. The molecule has 0 amide bonds. The molecule has 0 saturated carbocycles. The molecule has 2 saturated heterocycles. The lowest BCUT2D eigenvalue weighted by molar-refractivity contribution is 0.242. The molecule has 2 nitrogen and oxygen atoms in total. The van der Waals surface area contributed by atoms with Crippen molar-refractivity contribution in [3.05, 3.63) is 35.4 Å². The van der Waals surface area contributed by atoms with Gasteiger partial charge in [0.15, 0.2) is 0 Å². The largest absolute Gasteiger partial charge is 0.311 e. The fourth-order valence-corrected chi connectivity index (χ4v) is 3.61. The molecule has 0 aliphatic carbocycles. The topological polar surface area (TPSA) is 15.3 Å². The Morgan fingerprint density at radius 1 is 1.22 bits per heavy atom. The van der Waals surface area contributed by atoms with Crippen LogP contribution in [0.1, 0.15) is 30.4 Å². The molecule has 1 aromatic carbocycles. The summed E-state index contributed by atoms with van der Waals surface area (Å²) >= 11 is 0. The average molecular weight is 244 g/mol. The summed E-state index contributed by atoms with van der Waals surface area (Å²) in [5, 5.41) is 3.73. The molecule has 2 aliphatic rings. The lowest BCUT2D eigenvalue weighted by atomic mass is 9.89. The second-order valence-corrected chi connectivity index (χ2v) is 6.23. The second-order valence-electron chi connectivity index (χ2n) is 6.23. The Morgan fingerprint density at radius 2 is 2.00 bits per heavy atom. The van der Waals surface area contributed by atoms with Crippen molar-refractivity contribution in [3.8, 4) is 0 Å². The molecule has 3 atom stereocenters. The average Bonchev–Trinajstić information content (AvgIpc) is 2.94. The van der Waals surface area contributed by atoms with Crippen molar-refractivity contribution >= 4 is 0 Å². The van der Waals surface area contributed by atoms with Crippen LogP contribution in [0.15, 0.2) is 24.3 Å². The van der Waals surface area contributed by atoms with Crippen molar-refractivity contribution in [1.82, 2.24) is 10.2 Å². The van der Waals surface area contributed by atoms with Gasteiger partial charge in [0.2, 0.25) is 0 Å². The number of aryl methyl sites for hydroxylation is 1. The maximum absolute atomic E-state index is 3.73. The van der Waals surface area contributed by atoms with Crippen LogP contribution in [0.2, 0.25) is 0 Å². The summed E-state index contributed by atoms with van der Waals surface area (Å²) in [4.78, 5) is 2.48. The van der Waals surface area contributed by atoms with E-state index in [0.29, 0.717) is 0 Å². The smallest absolute Gasteiger partial charge is 0.0230 e. The number of benzene rings is 1. The Kier molecular flexibility index (Phi) is 3.40. The summed E-state index contributed by atoms with van der Waals surface area (Å²) in [5.74, 6) is 0.874. The minimum absolute atomic E-state index is 0.801. The fourth-order valence-electron chi connectivity index (χ4n) is 3.61. The second kappa shape index (κ2) is 5.02. The molecule has 2 heterocycles. The highest BCUT2D eigenvalue weighted by atomic mass is 15.1. The van der Waals surface area contributed by atoms with Gasteiger partial charge in [-0.3, -0.25) is 0 Å². The third-order valence-electron chi connectivity index (χ3n) is 4.55. The molecule has 3 unspecified atom stereocenters. The van der Waals surface area contributed by atoms with Gasteiger partial charge in [-0.25, -0.2) is 0 Å². The Morgan fingerprint density at radius 3 is 2.61 bits per heavy atom. The van der Waals surface area contributed by atoms with Gasteiger partial charge in [-0.05, 0) is 44.7 Å². The highest BCUT2D eigenvalue weighted by molar-refractivity contribution is 5.21. The summed E-state index contributed by atoms with van der Waals surface area (Å²) in [6.07, 6.45) is 4.19. The van der Waals surface area contributed by atoms with Gasteiger partial charge in [-0.2, -0.15) is 0 Å². The maximum atomic E-state index is 3.73. The van der Waals surface area contributed by atoms with E-state index in [4.69, 9.17) is 0 Å². The van der Waals surface area contributed by atoms with Gasteiger partial charge in [0, 0.05) is 25.2 Å². The zero-order valence-electron chi connectivity index (χ0n) is 11.5. The van der Waals surface area contributed by atoms with E-state index >= 15 is 0 Å². The third-order valence-corrected chi connectivity index (χ3v) is 4.55. The molecule has 3 rings (SSSR count). The van der Waals surface area contributed by atoms with Crippen LogP contribution in [-0.4, -0.2) is 30.6 Å². The van der Waals surface area contributed by atoms with Crippen LogP contribution in [0.5, 0.6) is 0 Å². The van der Waals surface area contributed by atoms with Gasteiger partial charge < -0.3 is 10.2 Å². The van der Waals surface area contributed by atoms with E-state index in [1.165, 1.54) is 36.9 Å². The van der Waals surface area contributed by atoms with Crippen molar-refractivity contribution in [2.24, 2.45) is 5.92 Å². The lowest BCUT2D eigenvalue weighted by Gasteiger charge is -2.26. The standard InChI is InChI=1S/C16H24N2/c1-12-3-5-13(6-4-12)10-18(2)11-14-9-15-7-8-16(14)17-15/h3-6,14-17H,7-11H2,1-2H3. The third kappa shape index (κ3) is 2.60. The quantitative estimate of drug-likeness (QED) is 0.875. The Balaban J connectivity index is 1.52. The number of fused-ring (bicyclic) bond motifs is 2. The first-order chi connectivity index (χ1) is 8.70. The molecule has 98 valence electrons. The summed E-state index contributed by atoms with van der Waals surface area (Å²) in [6.45, 7) is 4.46. The van der Waals surface area contributed by atoms with E-state index in [0.717, 1.165) is 24.5 Å². The number of nitrogens with zero attached hydrogens (tertiary/aromatic N) is 1. The molecule has 2 heteroatoms. The SMILES string of the molecule is Cc1ccc(CN(C)CC2CC3CCC2N3)cc1. The van der Waals surface area contributed by atoms with Crippen LogP contribution in [0.25, 0.3) is 0 Å². The maximum Gasteiger partial charge on any atom is 0.0230 e. The fraction of sp³-hybridized carbons (Fsp3) is 0.625. The van der Waals surface area contributed by atoms with Crippen molar-refractivity contribution in [1.29, 1.82) is 0 Å². The van der Waals surface area contributed by atoms with E-state index in [1.807, 2.05) is 0 Å². The van der Waals surface area contributed by atoms with Crippen molar-refractivity contribution in [2.75, 3.05) is 13.6 Å². The molecule has 1 aromatic rings. The van der Waals surface area contributed by atoms with Crippen molar-refractivity contribution in [2.45, 2.75) is 44.8 Å². The van der Waals surface area contributed by atoms with E-state index in [2.05, 4.69) is 48.5 Å². The van der Waals surface area contributed by atoms with E-state index in [-0.39, 0.29) is 0 Å². The van der Waals surface area contributed by atoms with Crippen LogP contribution in [-0.2, 0) is 6.54 Å². The number of nitrogens with one attached hydrogen (secondary N) is 1. The van der Waals surface area contributed by atoms with E-state index in [9.17, 15) is 0 Å². The van der Waals surface area contributed by atoms with Gasteiger partial charge in [0.1, 0.15) is 0 Å². The molecule has 0 spiro atoms. The van der Waals surface area contributed by atoms with E-state index in [1.54, 1.807) is 0 Å². The van der Waals surface area contributed by atoms with Gasteiger partial charge in [-0.1, -0.05) is 29.8 Å². The zero-order chi connectivity index (χ0) is 12.5. The van der Waals surface area contributed by atoms with Crippen LogP contribution >= 0.6 is 0 Å². The van der Waals surface area contributed by atoms with Gasteiger partial charge >= 0.3 is 0 Å². The van der Waals surface area contributed by atoms with Gasteiger partial charge in [0.05, 0.1) is 0 Å². The molecular formula is C16H24N2. The van der Waals surface area contributed by atoms with Gasteiger partial charge in [-0.15, -0.1) is 0 Å². The summed E-state index contributed by atoms with van der Waals surface area (Å²) < 4.78 is 0. The van der Waals surface area contributed by atoms with Gasteiger partial charge in [0.25, 0.3) is 0 Å². The molecule has 2 bridgehead atoms. The predicted molar refractivity (Wildman–Crippen MR) is 75.6 cm³/mol. The summed E-state index contributed by atoms with van der Waals surface area (Å²) in [5.41, 5.74) is 2.78. The zero-order valence-corrected chi connectivity index (χ0v) is 11.5. The Labute approximate surface area is 110 Å². The monoisotopic (exact) mass is 244 g/mol. The molecule has 18 heavy (non-hydrogen) atoms. The van der Waals surface area contributed by atoms with Crippen molar-refractivity contribution in [3.63, 3.8) is 0 Å². The Hall–Kier alpha value is -0.860. The number of hydrogen-bond acceptors (Lipinski definition) is 2. The molecule has 1 N–H and O–H groups in total. The number of rotatable bonds is 4. The highest BCUT2D eigenvalue weighted by Crippen LogP contribution is 2.33. The minimum atomic E-state index is 0.801. The molecule has 2 fully saturated rings. The summed E-state index contributed by atoms with van der Waals surface area (Å²) in [7, 11) is 2.26. The molecular weight excluding hydrogens is 220 g/mol. The molecule has 0 aromatic heterocycles. The van der Waals surface area contributed by atoms with Crippen LogP contribution in [0.3, 0.4) is 0 Å². The van der Waals surface area contributed by atoms with Crippen LogP contribution in [0.4, 0.5) is 0 Å². The summed E-state index contributed by atoms with van der Waals surface area (Å²) in [6, 6.07) is 10.6. The van der Waals surface area contributed by atoms with E-state index < -0.39 is 0 Å². The minimum Gasteiger partial charge on any atom is -0.311 e.